The highest BCUT2D eigenvalue weighted by Gasteiger charge is 2.15. The fourth-order valence-corrected chi connectivity index (χ4v) is 4.52. The van der Waals surface area contributed by atoms with Gasteiger partial charge in [0.05, 0.1) is 23.4 Å². The van der Waals surface area contributed by atoms with Crippen LogP contribution in [0.5, 0.6) is 11.6 Å². The molecule has 0 bridgehead atoms. The van der Waals surface area contributed by atoms with E-state index in [2.05, 4.69) is 26.1 Å². The number of fused-ring (bicyclic) bond motifs is 1. The lowest BCUT2D eigenvalue weighted by Crippen LogP contribution is -2.09. The SMILES string of the molecule is Cc1cc(C#N)cc(C)c1Oc1nc(Nc2ccc(NS(C)(=O)=O)cc2)nc2ccsc12. The minimum Gasteiger partial charge on any atom is -0.437 e. The molecule has 0 fully saturated rings. The van der Waals surface area contributed by atoms with Crippen molar-refractivity contribution in [2.45, 2.75) is 13.8 Å². The molecule has 0 aliphatic heterocycles. The summed E-state index contributed by atoms with van der Waals surface area (Å²) < 4.78 is 32.2. The van der Waals surface area contributed by atoms with Gasteiger partial charge in [-0.3, -0.25) is 4.72 Å². The summed E-state index contributed by atoms with van der Waals surface area (Å²) in [5.41, 5.74) is 4.15. The number of nitriles is 1. The molecule has 0 saturated carbocycles. The predicted octanol–water partition coefficient (Wildman–Crippen LogP) is 5.09. The normalized spacial score (nSPS) is 11.2. The van der Waals surface area contributed by atoms with Crippen LogP contribution in [0.15, 0.2) is 47.8 Å². The average Bonchev–Trinajstić information content (AvgIpc) is 3.19. The van der Waals surface area contributed by atoms with Gasteiger partial charge in [-0.05, 0) is 72.8 Å². The number of anilines is 3. The minimum absolute atomic E-state index is 0.346. The Morgan fingerprint density at radius 3 is 2.31 bits per heavy atom. The van der Waals surface area contributed by atoms with Gasteiger partial charge >= 0.3 is 0 Å². The Labute approximate surface area is 189 Å². The number of rotatable bonds is 6. The lowest BCUT2D eigenvalue weighted by atomic mass is 10.1. The minimum atomic E-state index is -3.34. The number of hydrogen-bond acceptors (Lipinski definition) is 8. The molecule has 0 atom stereocenters. The third kappa shape index (κ3) is 4.80. The molecule has 8 nitrogen and oxygen atoms in total. The quantitative estimate of drug-likeness (QED) is 0.407. The molecule has 0 amide bonds. The number of nitrogens with one attached hydrogen (secondary N) is 2. The van der Waals surface area contributed by atoms with Crippen molar-refractivity contribution < 1.29 is 13.2 Å². The molecule has 0 unspecified atom stereocenters. The van der Waals surface area contributed by atoms with Crippen LogP contribution in [-0.2, 0) is 10.0 Å². The lowest BCUT2D eigenvalue weighted by Gasteiger charge is -2.13. The summed E-state index contributed by atoms with van der Waals surface area (Å²) in [5, 5.41) is 14.2. The van der Waals surface area contributed by atoms with E-state index in [0.29, 0.717) is 34.5 Å². The summed E-state index contributed by atoms with van der Waals surface area (Å²) in [6.45, 7) is 3.78. The molecule has 2 N–H and O–H groups in total. The van der Waals surface area contributed by atoms with Crippen LogP contribution < -0.4 is 14.8 Å². The fourth-order valence-electron chi connectivity index (χ4n) is 3.20. The molecule has 2 aromatic carbocycles. The largest absolute Gasteiger partial charge is 0.437 e. The number of ether oxygens (including phenoxy) is 1. The van der Waals surface area contributed by atoms with Gasteiger partial charge < -0.3 is 10.1 Å². The van der Waals surface area contributed by atoms with Crippen molar-refractivity contribution in [3.63, 3.8) is 0 Å². The maximum absolute atomic E-state index is 11.4. The molecule has 0 saturated heterocycles. The van der Waals surface area contributed by atoms with Gasteiger partial charge in [-0.2, -0.15) is 10.2 Å². The maximum Gasteiger partial charge on any atom is 0.242 e. The summed E-state index contributed by atoms with van der Waals surface area (Å²) in [5.74, 6) is 1.41. The summed E-state index contributed by atoms with van der Waals surface area (Å²) in [6, 6.07) is 14.3. The predicted molar refractivity (Wildman–Crippen MR) is 126 cm³/mol. The Hall–Kier alpha value is -3.68. The van der Waals surface area contributed by atoms with Crippen LogP contribution in [0, 0.1) is 25.2 Å². The summed E-state index contributed by atoms with van der Waals surface area (Å²) >= 11 is 1.48. The molecular formula is C22H19N5O3S2. The summed E-state index contributed by atoms with van der Waals surface area (Å²) in [6.07, 6.45) is 1.10. The van der Waals surface area contributed by atoms with Crippen molar-refractivity contribution in [1.29, 1.82) is 5.26 Å². The van der Waals surface area contributed by atoms with Crippen molar-refractivity contribution in [3.05, 3.63) is 64.5 Å². The van der Waals surface area contributed by atoms with Gasteiger partial charge in [0.15, 0.2) is 0 Å². The van der Waals surface area contributed by atoms with E-state index < -0.39 is 10.0 Å². The van der Waals surface area contributed by atoms with E-state index in [1.54, 1.807) is 36.4 Å². The topological polar surface area (TPSA) is 117 Å². The molecule has 4 aromatic rings. The van der Waals surface area contributed by atoms with Gasteiger partial charge in [0.1, 0.15) is 10.4 Å². The number of hydrogen-bond donors (Lipinski definition) is 2. The Bertz CT molecular complexity index is 1430. The molecule has 2 heterocycles. The second kappa shape index (κ2) is 8.45. The number of benzene rings is 2. The van der Waals surface area contributed by atoms with Crippen molar-refractivity contribution in [2.24, 2.45) is 0 Å². The molecule has 4 rings (SSSR count). The molecule has 0 radical (unpaired) electrons. The van der Waals surface area contributed by atoms with Crippen molar-refractivity contribution in [3.8, 4) is 17.7 Å². The molecule has 0 aliphatic rings. The van der Waals surface area contributed by atoms with E-state index in [0.717, 1.165) is 27.6 Å². The second-order valence-electron chi connectivity index (χ2n) is 7.22. The van der Waals surface area contributed by atoms with Crippen molar-refractivity contribution in [2.75, 3.05) is 16.3 Å². The highest BCUT2D eigenvalue weighted by Crippen LogP contribution is 2.36. The van der Waals surface area contributed by atoms with Crippen LogP contribution in [0.1, 0.15) is 16.7 Å². The fraction of sp³-hybridized carbons (Fsp3) is 0.136. The van der Waals surface area contributed by atoms with Gasteiger partial charge in [0.2, 0.25) is 21.9 Å². The zero-order valence-corrected chi connectivity index (χ0v) is 19.1. The summed E-state index contributed by atoms with van der Waals surface area (Å²) in [4.78, 5) is 9.10. The first kappa shape index (κ1) is 21.5. The van der Waals surface area contributed by atoms with Crippen molar-refractivity contribution in [1.82, 2.24) is 9.97 Å². The number of nitrogens with zero attached hydrogens (tertiary/aromatic N) is 3. The highest BCUT2D eigenvalue weighted by molar-refractivity contribution is 7.92. The van der Waals surface area contributed by atoms with Crippen LogP contribution in [0.3, 0.4) is 0 Å². The van der Waals surface area contributed by atoms with E-state index in [1.807, 2.05) is 25.3 Å². The lowest BCUT2D eigenvalue weighted by molar-refractivity contribution is 0.463. The zero-order chi connectivity index (χ0) is 22.9. The smallest absolute Gasteiger partial charge is 0.242 e. The number of sulfonamides is 1. The first-order valence-electron chi connectivity index (χ1n) is 9.51. The molecule has 10 heteroatoms. The van der Waals surface area contributed by atoms with E-state index in [1.165, 1.54) is 11.3 Å². The summed E-state index contributed by atoms with van der Waals surface area (Å²) in [7, 11) is -3.34. The van der Waals surface area contributed by atoms with Crippen LogP contribution in [0.25, 0.3) is 10.2 Å². The van der Waals surface area contributed by atoms with E-state index >= 15 is 0 Å². The van der Waals surface area contributed by atoms with E-state index in [9.17, 15) is 13.7 Å². The molecule has 162 valence electrons. The molecule has 32 heavy (non-hydrogen) atoms. The van der Waals surface area contributed by atoms with E-state index in [-0.39, 0.29) is 0 Å². The molecule has 2 aromatic heterocycles. The zero-order valence-electron chi connectivity index (χ0n) is 17.5. The number of thiophene rings is 1. The van der Waals surface area contributed by atoms with Gasteiger partial charge in [0, 0.05) is 11.4 Å². The Kier molecular flexibility index (Phi) is 5.69. The molecule has 0 spiro atoms. The second-order valence-corrected chi connectivity index (χ2v) is 9.88. The van der Waals surface area contributed by atoms with Crippen LogP contribution in [0.4, 0.5) is 17.3 Å². The first-order chi connectivity index (χ1) is 15.2. The van der Waals surface area contributed by atoms with Gasteiger partial charge in [-0.15, -0.1) is 11.3 Å². The highest BCUT2D eigenvalue weighted by atomic mass is 32.2. The molecular weight excluding hydrogens is 446 g/mol. The maximum atomic E-state index is 11.4. The number of aromatic nitrogens is 2. The van der Waals surface area contributed by atoms with Crippen LogP contribution in [0.2, 0.25) is 0 Å². The average molecular weight is 466 g/mol. The van der Waals surface area contributed by atoms with Crippen molar-refractivity contribution >= 4 is 48.9 Å². The third-order valence-corrected chi connectivity index (χ3v) is 6.00. The standard InChI is InChI=1S/C22H19N5O3S2/c1-13-10-15(12-23)11-14(2)19(13)30-21-20-18(8-9-31-20)25-22(26-21)24-16-4-6-17(7-5-16)27-32(3,28)29/h4-11,27H,1-3H3,(H,24,25,26). The van der Waals surface area contributed by atoms with Crippen LogP contribution in [-0.4, -0.2) is 24.6 Å². The molecule has 0 aliphatic carbocycles. The van der Waals surface area contributed by atoms with Gasteiger partial charge in [-0.1, -0.05) is 0 Å². The van der Waals surface area contributed by atoms with E-state index in [4.69, 9.17) is 4.74 Å². The van der Waals surface area contributed by atoms with Crippen LogP contribution >= 0.6 is 11.3 Å². The monoisotopic (exact) mass is 465 g/mol. The number of aryl methyl sites for hydroxylation is 2. The Morgan fingerprint density at radius 1 is 1.03 bits per heavy atom. The third-order valence-electron chi connectivity index (χ3n) is 4.50. The first-order valence-corrected chi connectivity index (χ1v) is 12.3. The van der Waals surface area contributed by atoms with Gasteiger partial charge in [-0.25, -0.2) is 13.4 Å². The Morgan fingerprint density at radius 2 is 1.69 bits per heavy atom. The Balaban J connectivity index is 1.65. The van der Waals surface area contributed by atoms with Gasteiger partial charge in [0.25, 0.3) is 0 Å².